The van der Waals surface area contributed by atoms with Gasteiger partial charge in [-0.15, -0.1) is 12.4 Å². The molecule has 2 N–H and O–H groups in total. The van der Waals surface area contributed by atoms with Crippen molar-refractivity contribution in [1.82, 2.24) is 20.3 Å². The molecule has 2 heterocycles. The zero-order chi connectivity index (χ0) is 16.4. The van der Waals surface area contributed by atoms with Crippen LogP contribution < -0.4 is 5.32 Å². The van der Waals surface area contributed by atoms with Crippen LogP contribution in [0.4, 0.5) is 0 Å². The second-order valence-electron chi connectivity index (χ2n) is 6.41. The number of para-hydroxylation sites is 2. The van der Waals surface area contributed by atoms with E-state index in [1.165, 1.54) is 0 Å². The number of aromatic amines is 1. The van der Waals surface area contributed by atoms with Crippen LogP contribution in [0.25, 0.3) is 11.0 Å². The maximum atomic E-state index is 12.3. The Kier molecular flexibility index (Phi) is 5.34. The van der Waals surface area contributed by atoms with Crippen LogP contribution in [0.15, 0.2) is 48.8 Å². The Hall–Kier alpha value is -2.40. The van der Waals surface area contributed by atoms with Crippen molar-refractivity contribution in [2.45, 2.75) is 37.6 Å². The van der Waals surface area contributed by atoms with Gasteiger partial charge in [-0.2, -0.15) is 0 Å². The Balaban J connectivity index is 0.00000182. The standard InChI is InChI=1S/C19H20N4O.ClH/c24-19(14-6-4-10-20-12-14)21-15-7-3-5-13(11-15)18-22-16-8-1-2-9-17(16)23-18;/h1-2,4,6,8-10,12-13,15H,3,5,7,11H2,(H,21,24)(H,22,23);1H. The van der Waals surface area contributed by atoms with Crippen molar-refractivity contribution in [3.05, 3.63) is 60.2 Å². The molecule has 0 radical (unpaired) electrons. The van der Waals surface area contributed by atoms with E-state index in [2.05, 4.69) is 21.4 Å². The summed E-state index contributed by atoms with van der Waals surface area (Å²) in [6.45, 7) is 0. The summed E-state index contributed by atoms with van der Waals surface area (Å²) in [5, 5.41) is 3.15. The molecule has 4 rings (SSSR count). The number of imidazole rings is 1. The van der Waals surface area contributed by atoms with E-state index in [9.17, 15) is 4.79 Å². The number of halogens is 1. The first-order valence-corrected chi connectivity index (χ1v) is 8.45. The van der Waals surface area contributed by atoms with Gasteiger partial charge in [0.25, 0.3) is 5.91 Å². The summed E-state index contributed by atoms with van der Waals surface area (Å²) in [6.07, 6.45) is 7.43. The van der Waals surface area contributed by atoms with E-state index in [1.807, 2.05) is 18.2 Å². The van der Waals surface area contributed by atoms with Crippen LogP contribution in [-0.4, -0.2) is 26.9 Å². The molecule has 2 aromatic heterocycles. The van der Waals surface area contributed by atoms with E-state index >= 15 is 0 Å². The Bertz CT molecular complexity index is 816. The molecule has 1 aliphatic carbocycles. The summed E-state index contributed by atoms with van der Waals surface area (Å²) in [5.41, 5.74) is 2.70. The van der Waals surface area contributed by atoms with Gasteiger partial charge in [-0.3, -0.25) is 9.78 Å². The predicted molar refractivity (Wildman–Crippen MR) is 100 cm³/mol. The summed E-state index contributed by atoms with van der Waals surface area (Å²) in [5.74, 6) is 1.36. The lowest BCUT2D eigenvalue weighted by atomic mass is 9.85. The SMILES string of the molecule is Cl.O=C(NC1CCCC(c2nc3ccccc3[nH]2)C1)c1cccnc1. The van der Waals surface area contributed by atoms with E-state index in [0.29, 0.717) is 11.5 Å². The highest BCUT2D eigenvalue weighted by Crippen LogP contribution is 2.32. The van der Waals surface area contributed by atoms with Crippen molar-refractivity contribution in [3.8, 4) is 0 Å². The van der Waals surface area contributed by atoms with Crippen LogP contribution in [-0.2, 0) is 0 Å². The average Bonchev–Trinajstić information content (AvgIpc) is 3.07. The van der Waals surface area contributed by atoms with Gasteiger partial charge in [0.05, 0.1) is 16.6 Å². The number of carbonyl (C=O) groups excluding carboxylic acids is 1. The predicted octanol–water partition coefficient (Wildman–Crippen LogP) is 3.84. The van der Waals surface area contributed by atoms with E-state index in [4.69, 9.17) is 4.98 Å². The Morgan fingerprint density at radius 2 is 2.04 bits per heavy atom. The smallest absolute Gasteiger partial charge is 0.253 e. The third kappa shape index (κ3) is 3.82. The first kappa shape index (κ1) is 17.4. The fourth-order valence-electron chi connectivity index (χ4n) is 3.50. The monoisotopic (exact) mass is 356 g/mol. The van der Waals surface area contributed by atoms with Crippen molar-refractivity contribution in [2.24, 2.45) is 0 Å². The third-order valence-electron chi connectivity index (χ3n) is 4.73. The van der Waals surface area contributed by atoms with Gasteiger partial charge in [0, 0.05) is 24.4 Å². The highest BCUT2D eigenvalue weighted by atomic mass is 35.5. The summed E-state index contributed by atoms with van der Waals surface area (Å²) in [6, 6.07) is 11.9. The molecule has 0 aliphatic heterocycles. The van der Waals surface area contributed by atoms with Gasteiger partial charge in [-0.05, 0) is 43.5 Å². The lowest BCUT2D eigenvalue weighted by Gasteiger charge is -2.28. The van der Waals surface area contributed by atoms with Crippen molar-refractivity contribution in [1.29, 1.82) is 0 Å². The second kappa shape index (κ2) is 7.66. The molecule has 25 heavy (non-hydrogen) atoms. The zero-order valence-corrected chi connectivity index (χ0v) is 14.6. The summed E-state index contributed by atoms with van der Waals surface area (Å²) in [7, 11) is 0. The number of amides is 1. The van der Waals surface area contributed by atoms with Crippen LogP contribution in [0, 0.1) is 0 Å². The Morgan fingerprint density at radius 3 is 2.84 bits per heavy atom. The minimum Gasteiger partial charge on any atom is -0.349 e. The quantitative estimate of drug-likeness (QED) is 0.749. The number of H-pyrrole nitrogens is 1. The van der Waals surface area contributed by atoms with E-state index < -0.39 is 0 Å². The number of fused-ring (bicyclic) bond motifs is 1. The molecule has 130 valence electrons. The van der Waals surface area contributed by atoms with Gasteiger partial charge in [-0.25, -0.2) is 4.98 Å². The van der Waals surface area contributed by atoms with Crippen molar-refractivity contribution in [3.63, 3.8) is 0 Å². The van der Waals surface area contributed by atoms with Crippen molar-refractivity contribution in [2.75, 3.05) is 0 Å². The molecule has 6 heteroatoms. The van der Waals surface area contributed by atoms with Crippen LogP contribution in [0.1, 0.15) is 47.8 Å². The largest absolute Gasteiger partial charge is 0.349 e. The minimum absolute atomic E-state index is 0. The maximum Gasteiger partial charge on any atom is 0.253 e. The minimum atomic E-state index is -0.0432. The number of nitrogens with zero attached hydrogens (tertiary/aromatic N) is 2. The molecular weight excluding hydrogens is 336 g/mol. The van der Waals surface area contributed by atoms with Gasteiger partial charge in [-0.1, -0.05) is 18.6 Å². The lowest BCUT2D eigenvalue weighted by Crippen LogP contribution is -2.38. The van der Waals surface area contributed by atoms with Gasteiger partial charge < -0.3 is 10.3 Å². The molecule has 0 bridgehead atoms. The third-order valence-corrected chi connectivity index (χ3v) is 4.73. The fourth-order valence-corrected chi connectivity index (χ4v) is 3.50. The topological polar surface area (TPSA) is 70.7 Å². The van der Waals surface area contributed by atoms with Crippen LogP contribution in [0.5, 0.6) is 0 Å². The van der Waals surface area contributed by atoms with Crippen molar-refractivity contribution < 1.29 is 4.79 Å². The van der Waals surface area contributed by atoms with E-state index in [1.54, 1.807) is 24.5 Å². The number of carbonyl (C=O) groups is 1. The number of benzene rings is 1. The number of hydrogen-bond acceptors (Lipinski definition) is 3. The molecule has 2 unspecified atom stereocenters. The molecule has 2 atom stereocenters. The molecule has 1 fully saturated rings. The Labute approximate surface area is 152 Å². The Morgan fingerprint density at radius 1 is 1.16 bits per heavy atom. The van der Waals surface area contributed by atoms with Crippen molar-refractivity contribution >= 4 is 29.3 Å². The lowest BCUT2D eigenvalue weighted by molar-refractivity contribution is 0.0924. The van der Waals surface area contributed by atoms with Crippen LogP contribution >= 0.6 is 12.4 Å². The zero-order valence-electron chi connectivity index (χ0n) is 13.8. The molecule has 1 saturated carbocycles. The average molecular weight is 357 g/mol. The van der Waals surface area contributed by atoms with Gasteiger partial charge in [0.1, 0.15) is 5.82 Å². The van der Waals surface area contributed by atoms with Crippen LogP contribution in [0.3, 0.4) is 0 Å². The molecular formula is C19H21ClN4O. The van der Waals surface area contributed by atoms with E-state index in [-0.39, 0.29) is 24.4 Å². The number of nitrogens with one attached hydrogen (secondary N) is 2. The van der Waals surface area contributed by atoms with E-state index in [0.717, 1.165) is 42.5 Å². The molecule has 1 aliphatic rings. The number of rotatable bonds is 3. The van der Waals surface area contributed by atoms with Gasteiger partial charge in [0.2, 0.25) is 0 Å². The molecule has 3 aromatic rings. The molecule has 0 saturated heterocycles. The highest BCUT2D eigenvalue weighted by molar-refractivity contribution is 5.94. The molecule has 0 spiro atoms. The fraction of sp³-hybridized carbons (Fsp3) is 0.316. The second-order valence-corrected chi connectivity index (χ2v) is 6.41. The maximum absolute atomic E-state index is 12.3. The normalized spacial score (nSPS) is 20.0. The molecule has 1 aromatic carbocycles. The van der Waals surface area contributed by atoms with Gasteiger partial charge in [0.15, 0.2) is 0 Å². The molecule has 1 amide bonds. The van der Waals surface area contributed by atoms with Gasteiger partial charge >= 0.3 is 0 Å². The first-order valence-electron chi connectivity index (χ1n) is 8.45. The summed E-state index contributed by atoms with van der Waals surface area (Å²) in [4.78, 5) is 24.5. The summed E-state index contributed by atoms with van der Waals surface area (Å²) >= 11 is 0. The molecule has 5 nitrogen and oxygen atoms in total. The number of aromatic nitrogens is 3. The first-order chi connectivity index (χ1) is 11.8. The van der Waals surface area contributed by atoms with Crippen LogP contribution in [0.2, 0.25) is 0 Å². The number of hydrogen-bond donors (Lipinski definition) is 2. The highest BCUT2D eigenvalue weighted by Gasteiger charge is 2.26. The summed E-state index contributed by atoms with van der Waals surface area (Å²) < 4.78 is 0. The number of pyridine rings is 1.